The third kappa shape index (κ3) is 2.49. The van der Waals surface area contributed by atoms with E-state index in [1.54, 1.807) is 17.4 Å². The lowest BCUT2D eigenvalue weighted by molar-refractivity contribution is -0.0255. The molecule has 0 N–H and O–H groups in total. The number of nitrogens with zero attached hydrogens (tertiary/aromatic N) is 2. The fraction of sp³-hybridized carbons (Fsp3) is 0.350. The summed E-state index contributed by atoms with van der Waals surface area (Å²) in [4.78, 5) is 11.8. The zero-order chi connectivity index (χ0) is 18.8. The van der Waals surface area contributed by atoms with Crippen LogP contribution in [0.1, 0.15) is 24.3 Å². The molecule has 1 saturated heterocycles. The van der Waals surface area contributed by atoms with Crippen molar-refractivity contribution in [3.8, 4) is 0 Å². The minimum atomic E-state index is -3.55. The fourth-order valence-electron chi connectivity index (χ4n) is 4.49. The quantitative estimate of drug-likeness (QED) is 0.696. The van der Waals surface area contributed by atoms with Gasteiger partial charge in [0.15, 0.2) is 5.58 Å². The average molecular weight is 384 g/mol. The summed E-state index contributed by atoms with van der Waals surface area (Å²) in [6.45, 7) is 1.14. The van der Waals surface area contributed by atoms with E-state index < -0.39 is 15.8 Å². The van der Waals surface area contributed by atoms with E-state index in [2.05, 4.69) is 24.3 Å². The Labute approximate surface area is 157 Å². The highest BCUT2D eigenvalue weighted by molar-refractivity contribution is 7.89. The van der Waals surface area contributed by atoms with Crippen LogP contribution in [0.2, 0.25) is 0 Å². The van der Waals surface area contributed by atoms with Gasteiger partial charge in [-0.1, -0.05) is 30.3 Å². The summed E-state index contributed by atoms with van der Waals surface area (Å²) in [6, 6.07) is 15.0. The Morgan fingerprint density at radius 3 is 2.48 bits per heavy atom. The normalized spacial score (nSPS) is 19.9. The van der Waals surface area contributed by atoms with Gasteiger partial charge >= 0.3 is 5.76 Å². The summed E-state index contributed by atoms with van der Waals surface area (Å²) < 4.78 is 33.9. The summed E-state index contributed by atoms with van der Waals surface area (Å²) in [5.41, 5.74) is 2.35. The molecule has 0 amide bonds. The Hall–Kier alpha value is -2.38. The van der Waals surface area contributed by atoms with Crippen LogP contribution in [0, 0.1) is 5.41 Å². The molecule has 6 nitrogen and oxygen atoms in total. The molecule has 7 heteroatoms. The second-order valence-corrected chi connectivity index (χ2v) is 9.78. The van der Waals surface area contributed by atoms with E-state index in [1.807, 2.05) is 6.07 Å². The van der Waals surface area contributed by atoms with E-state index in [1.165, 1.54) is 22.3 Å². The van der Waals surface area contributed by atoms with Gasteiger partial charge in [-0.05, 0) is 47.9 Å². The molecule has 2 heterocycles. The first-order chi connectivity index (χ1) is 12.9. The number of aromatic nitrogens is 1. The Morgan fingerprint density at radius 2 is 1.78 bits per heavy atom. The first-order valence-electron chi connectivity index (χ1n) is 9.03. The number of sulfonamides is 1. The molecule has 2 aromatic carbocycles. The lowest BCUT2D eigenvalue weighted by Crippen LogP contribution is -2.62. The molecule has 0 bridgehead atoms. The second-order valence-electron chi connectivity index (χ2n) is 7.85. The summed E-state index contributed by atoms with van der Waals surface area (Å²) in [5, 5.41) is 0. The number of benzene rings is 2. The summed E-state index contributed by atoms with van der Waals surface area (Å²) in [5.74, 6) is 0.0386. The highest BCUT2D eigenvalue weighted by Crippen LogP contribution is 2.56. The molecule has 2 fully saturated rings. The first kappa shape index (κ1) is 16.8. The topological polar surface area (TPSA) is 72.5 Å². The molecule has 1 saturated carbocycles. The average Bonchev–Trinajstić information content (AvgIpc) is 2.87. The van der Waals surface area contributed by atoms with Crippen LogP contribution in [0.3, 0.4) is 0 Å². The van der Waals surface area contributed by atoms with Gasteiger partial charge in [0.05, 0.1) is 10.4 Å². The van der Waals surface area contributed by atoms with Crippen molar-refractivity contribution in [3.05, 3.63) is 64.6 Å². The Bertz CT molecular complexity index is 1180. The van der Waals surface area contributed by atoms with E-state index in [4.69, 9.17) is 4.42 Å². The van der Waals surface area contributed by atoms with Crippen LogP contribution in [0.15, 0.2) is 62.6 Å². The Morgan fingerprint density at radius 1 is 1.07 bits per heavy atom. The van der Waals surface area contributed by atoms with Crippen molar-refractivity contribution in [1.82, 2.24) is 8.87 Å². The van der Waals surface area contributed by atoms with Crippen LogP contribution < -0.4 is 5.76 Å². The van der Waals surface area contributed by atoms with E-state index in [9.17, 15) is 13.2 Å². The van der Waals surface area contributed by atoms with Gasteiger partial charge in [0.1, 0.15) is 0 Å². The Balaban J connectivity index is 1.33. The largest absolute Gasteiger partial charge is 0.419 e. The number of oxazole rings is 1. The maximum Gasteiger partial charge on any atom is 0.419 e. The zero-order valence-electron chi connectivity index (χ0n) is 15.0. The van der Waals surface area contributed by atoms with Gasteiger partial charge in [-0.25, -0.2) is 13.2 Å². The first-order valence-corrected chi connectivity index (χ1v) is 10.5. The number of rotatable bonds is 3. The van der Waals surface area contributed by atoms with Crippen LogP contribution in [0.25, 0.3) is 11.1 Å². The molecule has 1 spiro atoms. The molecular formula is C20H20N2O4S. The van der Waals surface area contributed by atoms with Crippen LogP contribution in [0.5, 0.6) is 0 Å². The van der Waals surface area contributed by atoms with Crippen molar-refractivity contribution in [1.29, 1.82) is 0 Å². The lowest BCUT2D eigenvalue weighted by atomic mass is 9.57. The summed E-state index contributed by atoms with van der Waals surface area (Å²) in [6.07, 6.45) is 2.08. The third-order valence-corrected chi connectivity index (χ3v) is 7.84. The number of hydrogen-bond donors (Lipinski definition) is 0. The smallest absolute Gasteiger partial charge is 0.408 e. The predicted molar refractivity (Wildman–Crippen MR) is 101 cm³/mol. The van der Waals surface area contributed by atoms with Gasteiger partial charge in [0.2, 0.25) is 10.0 Å². The van der Waals surface area contributed by atoms with Crippen molar-refractivity contribution >= 4 is 21.1 Å². The standard InChI is InChI=1S/C20H20N2O4S/c1-21-17-9-16(7-8-18(17)26-19(21)23)27(24,25)22-12-20(13-22)10-15(11-20)14-5-3-2-4-6-14/h2-9,15H,10-13H2,1H3. The highest BCUT2D eigenvalue weighted by Gasteiger charge is 2.55. The van der Waals surface area contributed by atoms with E-state index in [-0.39, 0.29) is 10.3 Å². The van der Waals surface area contributed by atoms with Crippen molar-refractivity contribution in [2.24, 2.45) is 12.5 Å². The summed E-state index contributed by atoms with van der Waals surface area (Å²) in [7, 11) is -1.98. The monoisotopic (exact) mass is 384 g/mol. The number of aryl methyl sites for hydroxylation is 1. The molecule has 1 aliphatic carbocycles. The molecule has 1 aromatic heterocycles. The van der Waals surface area contributed by atoms with Crippen LogP contribution >= 0.6 is 0 Å². The van der Waals surface area contributed by atoms with Gasteiger partial charge in [0, 0.05) is 20.1 Å². The molecule has 0 atom stereocenters. The molecule has 0 radical (unpaired) electrons. The zero-order valence-corrected chi connectivity index (χ0v) is 15.8. The number of fused-ring (bicyclic) bond motifs is 1. The minimum Gasteiger partial charge on any atom is -0.408 e. The molecule has 27 heavy (non-hydrogen) atoms. The lowest BCUT2D eigenvalue weighted by Gasteiger charge is -2.58. The molecule has 5 rings (SSSR count). The highest BCUT2D eigenvalue weighted by atomic mass is 32.2. The van der Waals surface area contributed by atoms with Gasteiger partial charge in [0.25, 0.3) is 0 Å². The maximum atomic E-state index is 13.0. The molecule has 140 valence electrons. The van der Waals surface area contributed by atoms with Gasteiger partial charge in [-0.15, -0.1) is 0 Å². The van der Waals surface area contributed by atoms with Crippen LogP contribution in [0.4, 0.5) is 0 Å². The van der Waals surface area contributed by atoms with Crippen LogP contribution in [-0.2, 0) is 17.1 Å². The number of hydrogen-bond acceptors (Lipinski definition) is 4. The maximum absolute atomic E-state index is 13.0. The molecule has 2 aliphatic rings. The summed E-state index contributed by atoms with van der Waals surface area (Å²) >= 11 is 0. The molecule has 0 unspecified atom stereocenters. The van der Waals surface area contributed by atoms with Crippen molar-refractivity contribution in [2.75, 3.05) is 13.1 Å². The second kappa shape index (κ2) is 5.56. The van der Waals surface area contributed by atoms with Crippen molar-refractivity contribution < 1.29 is 12.8 Å². The fourth-order valence-corrected chi connectivity index (χ4v) is 6.18. The molecular weight excluding hydrogens is 364 g/mol. The van der Waals surface area contributed by atoms with Gasteiger partial charge < -0.3 is 4.42 Å². The van der Waals surface area contributed by atoms with Gasteiger partial charge in [-0.3, -0.25) is 4.57 Å². The molecule has 1 aliphatic heterocycles. The van der Waals surface area contributed by atoms with Crippen LogP contribution in [-0.4, -0.2) is 30.4 Å². The van der Waals surface area contributed by atoms with E-state index in [0.717, 1.165) is 12.8 Å². The van der Waals surface area contributed by atoms with E-state index in [0.29, 0.717) is 30.1 Å². The predicted octanol–water partition coefficient (Wildman–Crippen LogP) is 2.70. The van der Waals surface area contributed by atoms with Crippen molar-refractivity contribution in [3.63, 3.8) is 0 Å². The van der Waals surface area contributed by atoms with Crippen molar-refractivity contribution in [2.45, 2.75) is 23.7 Å². The van der Waals surface area contributed by atoms with E-state index >= 15 is 0 Å². The van der Waals surface area contributed by atoms with Gasteiger partial charge in [-0.2, -0.15) is 4.31 Å². The molecule has 3 aromatic rings. The minimum absolute atomic E-state index is 0.125. The Kier molecular flexibility index (Phi) is 3.45. The SMILES string of the molecule is Cn1c(=O)oc2ccc(S(=O)(=O)N3CC4(CC(c5ccccc5)C4)C3)cc21. The third-order valence-electron chi connectivity index (χ3n) is 6.05.